The van der Waals surface area contributed by atoms with Crippen LogP contribution in [0.25, 0.3) is 10.2 Å². The highest BCUT2D eigenvalue weighted by Gasteiger charge is 2.26. The first-order valence-electron chi connectivity index (χ1n) is 8.99. The van der Waals surface area contributed by atoms with Crippen molar-refractivity contribution in [1.29, 1.82) is 0 Å². The van der Waals surface area contributed by atoms with Gasteiger partial charge >= 0.3 is 5.88 Å². The third kappa shape index (κ3) is 4.20. The number of rotatable bonds is 7. The summed E-state index contributed by atoms with van der Waals surface area (Å²) in [7, 11) is 4.09. The van der Waals surface area contributed by atoms with Crippen LogP contribution in [0, 0.1) is 24.0 Å². The quantitative estimate of drug-likeness (QED) is 0.483. The lowest BCUT2D eigenvalue weighted by Gasteiger charge is -2.19. The van der Waals surface area contributed by atoms with Crippen LogP contribution in [0.5, 0.6) is 0 Å². The van der Waals surface area contributed by atoms with Crippen LogP contribution in [0.1, 0.15) is 28.1 Å². The number of furan rings is 1. The molecule has 0 fully saturated rings. The fourth-order valence-corrected chi connectivity index (χ4v) is 4.19. The lowest BCUT2D eigenvalue weighted by atomic mass is 10.1. The molecule has 0 saturated carbocycles. The van der Waals surface area contributed by atoms with Crippen molar-refractivity contribution in [1.82, 2.24) is 4.98 Å². The molecule has 0 bridgehead atoms. The predicted molar refractivity (Wildman–Crippen MR) is 108 cm³/mol. The molecule has 1 N–H and O–H groups in total. The van der Waals surface area contributed by atoms with Crippen molar-refractivity contribution in [2.75, 3.05) is 32.1 Å². The van der Waals surface area contributed by atoms with E-state index >= 15 is 0 Å². The molecule has 0 aliphatic rings. The number of aryl methyl sites for hydroxylation is 2. The monoisotopic (exact) mass is 403 g/mol. The van der Waals surface area contributed by atoms with Crippen molar-refractivity contribution in [3.05, 3.63) is 51.3 Å². The molecule has 0 radical (unpaired) electrons. The molecular formula is C19H23N4O4S+. The molecule has 2 heterocycles. The minimum Gasteiger partial charge on any atom is -0.395 e. The topological polar surface area (TPSA) is 93.9 Å². The lowest BCUT2D eigenvalue weighted by molar-refractivity contribution is -0.858. The summed E-state index contributed by atoms with van der Waals surface area (Å²) < 4.78 is 6.14. The van der Waals surface area contributed by atoms with Crippen LogP contribution in [0.2, 0.25) is 0 Å². The Morgan fingerprint density at radius 1 is 1.32 bits per heavy atom. The van der Waals surface area contributed by atoms with E-state index in [0.29, 0.717) is 11.7 Å². The number of thiazole rings is 1. The number of nitro groups is 1. The molecule has 1 aromatic carbocycles. The molecule has 9 heteroatoms. The molecule has 28 heavy (non-hydrogen) atoms. The smallest absolute Gasteiger partial charge is 0.395 e. The number of anilines is 1. The van der Waals surface area contributed by atoms with Crippen molar-refractivity contribution in [3.8, 4) is 0 Å². The number of carbonyl (C=O) groups is 1. The standard InChI is InChI=1S/C19H22N4O4S/c1-12-10-13(2)17-15(11-12)28-19(20-17)22(9-5-8-21(3)4)18(24)14-6-7-16(27-14)23(25)26/h6-7,10-11H,5,8-9H2,1-4H3/p+1. The van der Waals surface area contributed by atoms with Crippen LogP contribution in [-0.4, -0.2) is 43.0 Å². The van der Waals surface area contributed by atoms with Crippen molar-refractivity contribution < 1.29 is 19.0 Å². The molecule has 0 spiro atoms. The molecular weight excluding hydrogens is 380 g/mol. The van der Waals surface area contributed by atoms with Gasteiger partial charge in [0.1, 0.15) is 4.92 Å². The molecule has 0 atom stereocenters. The first kappa shape index (κ1) is 20.0. The summed E-state index contributed by atoms with van der Waals surface area (Å²) in [4.78, 5) is 30.8. The normalized spacial score (nSPS) is 11.3. The molecule has 2 aromatic heterocycles. The summed E-state index contributed by atoms with van der Waals surface area (Å²) in [6.07, 6.45) is 0.769. The van der Waals surface area contributed by atoms with Crippen LogP contribution >= 0.6 is 11.3 Å². The number of aromatic nitrogens is 1. The van der Waals surface area contributed by atoms with Gasteiger partial charge in [0.25, 0.3) is 5.91 Å². The van der Waals surface area contributed by atoms with Gasteiger partial charge in [0.05, 0.1) is 36.9 Å². The Hall–Kier alpha value is -2.78. The molecule has 0 aliphatic carbocycles. The van der Waals surface area contributed by atoms with Gasteiger partial charge in [-0.25, -0.2) is 4.98 Å². The van der Waals surface area contributed by atoms with Gasteiger partial charge in [0.2, 0.25) is 0 Å². The first-order chi connectivity index (χ1) is 13.3. The van der Waals surface area contributed by atoms with Crippen LogP contribution in [0.3, 0.4) is 0 Å². The number of nitrogens with zero attached hydrogens (tertiary/aromatic N) is 3. The summed E-state index contributed by atoms with van der Waals surface area (Å²) in [5.41, 5.74) is 3.05. The van der Waals surface area contributed by atoms with E-state index in [1.165, 1.54) is 28.4 Å². The van der Waals surface area contributed by atoms with Gasteiger partial charge in [0.15, 0.2) is 10.9 Å². The Labute approximate surface area is 166 Å². The van der Waals surface area contributed by atoms with Crippen molar-refractivity contribution in [2.24, 2.45) is 0 Å². The molecule has 0 aliphatic heterocycles. The van der Waals surface area contributed by atoms with Gasteiger partial charge in [-0.05, 0) is 37.1 Å². The van der Waals surface area contributed by atoms with Gasteiger partial charge in [-0.1, -0.05) is 17.4 Å². The number of hydrogen-bond donors (Lipinski definition) is 1. The largest absolute Gasteiger partial charge is 0.433 e. The Morgan fingerprint density at radius 2 is 2.07 bits per heavy atom. The minimum atomic E-state index is -0.652. The number of quaternary nitrogens is 1. The summed E-state index contributed by atoms with van der Waals surface area (Å²) in [5.74, 6) is -0.928. The zero-order valence-electron chi connectivity index (χ0n) is 16.3. The third-order valence-corrected chi connectivity index (χ3v) is 5.36. The molecule has 0 saturated heterocycles. The molecule has 0 unspecified atom stereocenters. The van der Waals surface area contributed by atoms with E-state index in [4.69, 9.17) is 4.42 Å². The van der Waals surface area contributed by atoms with E-state index in [2.05, 4.69) is 11.1 Å². The highest BCUT2D eigenvalue weighted by molar-refractivity contribution is 7.22. The van der Waals surface area contributed by atoms with Crippen molar-refractivity contribution in [2.45, 2.75) is 20.3 Å². The zero-order chi connectivity index (χ0) is 20.4. The number of hydrogen-bond acceptors (Lipinski definition) is 6. The number of fused-ring (bicyclic) bond motifs is 1. The fraction of sp³-hybridized carbons (Fsp3) is 0.368. The third-order valence-electron chi connectivity index (χ3n) is 4.34. The van der Waals surface area contributed by atoms with Crippen molar-refractivity contribution in [3.63, 3.8) is 0 Å². The second kappa shape index (κ2) is 8.07. The van der Waals surface area contributed by atoms with Gasteiger partial charge in [-0.15, -0.1) is 0 Å². The maximum Gasteiger partial charge on any atom is 0.433 e. The number of nitrogens with one attached hydrogen (secondary N) is 1. The van der Waals surface area contributed by atoms with E-state index < -0.39 is 16.7 Å². The summed E-state index contributed by atoms with van der Waals surface area (Å²) in [5, 5.41) is 11.5. The predicted octanol–water partition coefficient (Wildman–Crippen LogP) is 2.60. The van der Waals surface area contributed by atoms with Gasteiger partial charge in [0, 0.05) is 13.0 Å². The van der Waals surface area contributed by atoms with E-state index in [9.17, 15) is 14.9 Å². The second-order valence-corrected chi connectivity index (χ2v) is 8.10. The van der Waals surface area contributed by atoms with E-state index in [-0.39, 0.29) is 5.76 Å². The number of carbonyl (C=O) groups excluding carboxylic acids is 1. The highest BCUT2D eigenvalue weighted by atomic mass is 32.1. The SMILES string of the molecule is Cc1cc(C)c2nc(N(CCC[NH+](C)C)C(=O)c3ccc([N+](=O)[O-])o3)sc2c1. The second-order valence-electron chi connectivity index (χ2n) is 7.09. The summed E-state index contributed by atoms with van der Waals surface area (Å²) in [6.45, 7) is 5.36. The number of benzene rings is 1. The highest BCUT2D eigenvalue weighted by Crippen LogP contribution is 2.33. The van der Waals surface area contributed by atoms with E-state index in [1.54, 1.807) is 4.90 Å². The minimum absolute atomic E-state index is 0.0592. The average Bonchev–Trinajstić information content (AvgIpc) is 3.25. The van der Waals surface area contributed by atoms with E-state index in [0.717, 1.165) is 34.3 Å². The van der Waals surface area contributed by atoms with Gasteiger partial charge in [-0.2, -0.15) is 0 Å². The summed E-state index contributed by atoms with van der Waals surface area (Å²) >= 11 is 1.44. The van der Waals surface area contributed by atoms with Crippen LogP contribution in [-0.2, 0) is 0 Å². The molecule has 1 amide bonds. The molecule has 148 valence electrons. The molecule has 8 nitrogen and oxygen atoms in total. The molecule has 3 rings (SSSR count). The fourth-order valence-electron chi connectivity index (χ4n) is 3.02. The van der Waals surface area contributed by atoms with Crippen LogP contribution < -0.4 is 9.80 Å². The van der Waals surface area contributed by atoms with Crippen molar-refractivity contribution >= 4 is 38.5 Å². The van der Waals surface area contributed by atoms with E-state index in [1.807, 2.05) is 34.0 Å². The first-order valence-corrected chi connectivity index (χ1v) is 9.81. The lowest BCUT2D eigenvalue weighted by Crippen LogP contribution is -3.05. The zero-order valence-corrected chi connectivity index (χ0v) is 17.1. The molecule has 3 aromatic rings. The van der Waals surface area contributed by atoms with Gasteiger partial charge in [-0.3, -0.25) is 19.8 Å². The maximum atomic E-state index is 13.1. The van der Waals surface area contributed by atoms with Crippen LogP contribution in [0.15, 0.2) is 28.7 Å². The Morgan fingerprint density at radius 3 is 2.71 bits per heavy atom. The van der Waals surface area contributed by atoms with Gasteiger partial charge < -0.3 is 9.32 Å². The maximum absolute atomic E-state index is 13.1. The Bertz CT molecular complexity index is 1020. The van der Waals surface area contributed by atoms with Crippen LogP contribution in [0.4, 0.5) is 11.0 Å². The average molecular weight is 403 g/mol. The Kier molecular flexibility index (Phi) is 5.76. The Balaban J connectivity index is 1.97. The number of amides is 1. The summed E-state index contributed by atoms with van der Waals surface area (Å²) in [6, 6.07) is 6.64.